The van der Waals surface area contributed by atoms with Crippen molar-refractivity contribution in [1.82, 2.24) is 0 Å². The van der Waals surface area contributed by atoms with Crippen LogP contribution < -0.4 is 10.1 Å². The summed E-state index contributed by atoms with van der Waals surface area (Å²) >= 11 is 6.11. The molecule has 0 radical (unpaired) electrons. The SMILES string of the molecule is Cc1cc(O[C@@H](C)C(=O)Nc2cccc([N+](=O)[O-])c2)cc(C)c1Cl. The van der Waals surface area contributed by atoms with Gasteiger partial charge in [0.25, 0.3) is 11.6 Å². The van der Waals surface area contributed by atoms with Crippen molar-refractivity contribution in [3.05, 3.63) is 62.7 Å². The number of nitro benzene ring substituents is 1. The Morgan fingerprint density at radius 2 is 1.88 bits per heavy atom. The molecule has 0 aromatic heterocycles. The maximum absolute atomic E-state index is 12.2. The van der Waals surface area contributed by atoms with E-state index in [1.165, 1.54) is 18.2 Å². The van der Waals surface area contributed by atoms with E-state index in [-0.39, 0.29) is 5.69 Å². The van der Waals surface area contributed by atoms with Gasteiger partial charge in [0.2, 0.25) is 0 Å². The molecule has 2 rings (SSSR count). The Labute approximate surface area is 144 Å². The topological polar surface area (TPSA) is 81.5 Å². The summed E-state index contributed by atoms with van der Waals surface area (Å²) in [6.45, 7) is 5.32. The van der Waals surface area contributed by atoms with Gasteiger partial charge in [0, 0.05) is 22.8 Å². The Morgan fingerprint density at radius 1 is 1.25 bits per heavy atom. The van der Waals surface area contributed by atoms with Crippen LogP contribution in [-0.2, 0) is 4.79 Å². The van der Waals surface area contributed by atoms with Crippen LogP contribution in [0, 0.1) is 24.0 Å². The third-order valence-corrected chi connectivity index (χ3v) is 4.01. The van der Waals surface area contributed by atoms with Crippen molar-refractivity contribution in [2.24, 2.45) is 0 Å². The van der Waals surface area contributed by atoms with Crippen molar-refractivity contribution in [2.75, 3.05) is 5.32 Å². The number of aryl methyl sites for hydroxylation is 2. The minimum absolute atomic E-state index is 0.0923. The molecule has 2 aromatic carbocycles. The third kappa shape index (κ3) is 4.23. The summed E-state index contributed by atoms with van der Waals surface area (Å²) in [5, 5.41) is 14.0. The molecule has 0 spiro atoms. The smallest absolute Gasteiger partial charge is 0.271 e. The van der Waals surface area contributed by atoms with Gasteiger partial charge in [-0.05, 0) is 50.1 Å². The zero-order valence-corrected chi connectivity index (χ0v) is 14.3. The maximum atomic E-state index is 12.2. The van der Waals surface area contributed by atoms with Gasteiger partial charge in [0.05, 0.1) is 4.92 Å². The molecular formula is C17H17ClN2O4. The average Bonchev–Trinajstić information content (AvgIpc) is 2.52. The fourth-order valence-electron chi connectivity index (χ4n) is 2.17. The van der Waals surface area contributed by atoms with Gasteiger partial charge >= 0.3 is 0 Å². The normalized spacial score (nSPS) is 11.7. The van der Waals surface area contributed by atoms with Crippen molar-refractivity contribution in [3.8, 4) is 5.75 Å². The van der Waals surface area contributed by atoms with Crippen LogP contribution >= 0.6 is 11.6 Å². The largest absolute Gasteiger partial charge is 0.481 e. The number of nitrogens with zero attached hydrogens (tertiary/aromatic N) is 1. The molecular weight excluding hydrogens is 332 g/mol. The number of anilines is 1. The second kappa shape index (κ2) is 7.31. The highest BCUT2D eigenvalue weighted by atomic mass is 35.5. The monoisotopic (exact) mass is 348 g/mol. The van der Waals surface area contributed by atoms with Crippen LogP contribution in [0.3, 0.4) is 0 Å². The highest BCUT2D eigenvalue weighted by Crippen LogP contribution is 2.26. The summed E-state index contributed by atoms with van der Waals surface area (Å²) in [6.07, 6.45) is -0.774. The first kappa shape index (κ1) is 17.7. The lowest BCUT2D eigenvalue weighted by atomic mass is 10.1. The molecule has 0 aliphatic carbocycles. The van der Waals surface area contributed by atoms with E-state index in [1.54, 1.807) is 25.1 Å². The Morgan fingerprint density at radius 3 is 2.46 bits per heavy atom. The van der Waals surface area contributed by atoms with Gasteiger partial charge in [0.1, 0.15) is 5.75 Å². The van der Waals surface area contributed by atoms with E-state index < -0.39 is 16.9 Å². The molecule has 0 heterocycles. The predicted octanol–water partition coefficient (Wildman–Crippen LogP) is 4.27. The number of hydrogen-bond acceptors (Lipinski definition) is 4. The van der Waals surface area contributed by atoms with Gasteiger partial charge in [-0.2, -0.15) is 0 Å². The van der Waals surface area contributed by atoms with Crippen LogP contribution in [0.4, 0.5) is 11.4 Å². The van der Waals surface area contributed by atoms with E-state index in [2.05, 4.69) is 5.32 Å². The number of carbonyl (C=O) groups is 1. The van der Waals surface area contributed by atoms with Crippen molar-refractivity contribution < 1.29 is 14.5 Å². The van der Waals surface area contributed by atoms with Crippen molar-refractivity contribution in [3.63, 3.8) is 0 Å². The van der Waals surface area contributed by atoms with Gasteiger partial charge in [0.15, 0.2) is 6.10 Å². The number of hydrogen-bond donors (Lipinski definition) is 1. The van der Waals surface area contributed by atoms with Crippen LogP contribution in [0.2, 0.25) is 5.02 Å². The second-order valence-corrected chi connectivity index (χ2v) is 5.81. The Hall–Kier alpha value is -2.60. The van der Waals surface area contributed by atoms with Crippen LogP contribution in [-0.4, -0.2) is 16.9 Å². The molecule has 2 aromatic rings. The number of rotatable bonds is 5. The number of nitro groups is 1. The lowest BCUT2D eigenvalue weighted by molar-refractivity contribution is -0.384. The Balaban J connectivity index is 2.07. The van der Waals surface area contributed by atoms with Gasteiger partial charge in [-0.25, -0.2) is 0 Å². The number of benzene rings is 2. The van der Waals surface area contributed by atoms with Crippen LogP contribution in [0.1, 0.15) is 18.1 Å². The lowest BCUT2D eigenvalue weighted by Gasteiger charge is -2.16. The summed E-state index contributed by atoms with van der Waals surface area (Å²) in [5.41, 5.74) is 1.97. The number of ether oxygens (including phenoxy) is 1. The van der Waals surface area contributed by atoms with E-state index in [0.29, 0.717) is 16.5 Å². The summed E-state index contributed by atoms with van der Waals surface area (Å²) in [6, 6.07) is 9.24. The minimum atomic E-state index is -0.774. The minimum Gasteiger partial charge on any atom is -0.481 e. The van der Waals surface area contributed by atoms with Gasteiger partial charge in [-0.3, -0.25) is 14.9 Å². The molecule has 1 atom stereocenters. The number of halogens is 1. The summed E-state index contributed by atoms with van der Waals surface area (Å²) < 4.78 is 5.64. The average molecular weight is 349 g/mol. The Bertz CT molecular complexity index is 769. The molecule has 0 fully saturated rings. The zero-order chi connectivity index (χ0) is 17.9. The second-order valence-electron chi connectivity index (χ2n) is 5.43. The molecule has 7 heteroatoms. The molecule has 0 bridgehead atoms. The number of carbonyl (C=O) groups excluding carboxylic acids is 1. The third-order valence-electron chi connectivity index (χ3n) is 3.42. The van der Waals surface area contributed by atoms with Crippen molar-refractivity contribution >= 4 is 28.9 Å². The predicted molar refractivity (Wildman–Crippen MR) is 92.7 cm³/mol. The Kier molecular flexibility index (Phi) is 5.41. The number of non-ortho nitro benzene ring substituents is 1. The summed E-state index contributed by atoms with van der Waals surface area (Å²) in [5.74, 6) is 0.136. The van der Waals surface area contributed by atoms with Crippen LogP contribution in [0.25, 0.3) is 0 Å². The molecule has 1 N–H and O–H groups in total. The van der Waals surface area contributed by atoms with Gasteiger partial charge in [-0.1, -0.05) is 17.7 Å². The summed E-state index contributed by atoms with van der Waals surface area (Å²) in [4.78, 5) is 22.4. The standard InChI is InChI=1S/C17H17ClN2O4/c1-10-7-15(8-11(2)16(10)18)24-12(3)17(21)19-13-5-4-6-14(9-13)20(22)23/h4-9,12H,1-3H3,(H,19,21)/t12-/m0/s1. The molecule has 126 valence electrons. The van der Waals surface area contributed by atoms with Crippen LogP contribution in [0.15, 0.2) is 36.4 Å². The fourth-order valence-corrected chi connectivity index (χ4v) is 2.28. The van der Waals surface area contributed by atoms with Gasteiger partial charge < -0.3 is 10.1 Å². The number of nitrogens with one attached hydrogen (secondary N) is 1. The van der Waals surface area contributed by atoms with Gasteiger partial charge in [-0.15, -0.1) is 0 Å². The van der Waals surface area contributed by atoms with E-state index in [9.17, 15) is 14.9 Å². The zero-order valence-electron chi connectivity index (χ0n) is 13.5. The van der Waals surface area contributed by atoms with E-state index in [4.69, 9.17) is 16.3 Å². The molecule has 6 nitrogen and oxygen atoms in total. The van der Waals surface area contributed by atoms with E-state index >= 15 is 0 Å². The van der Waals surface area contributed by atoms with E-state index in [0.717, 1.165) is 11.1 Å². The summed E-state index contributed by atoms with van der Waals surface area (Å²) in [7, 11) is 0. The first-order chi connectivity index (χ1) is 11.3. The quantitative estimate of drug-likeness (QED) is 0.646. The maximum Gasteiger partial charge on any atom is 0.271 e. The van der Waals surface area contributed by atoms with Crippen molar-refractivity contribution in [1.29, 1.82) is 0 Å². The molecule has 0 unspecified atom stereocenters. The molecule has 0 saturated carbocycles. The van der Waals surface area contributed by atoms with Crippen molar-refractivity contribution in [2.45, 2.75) is 26.9 Å². The molecule has 0 aliphatic heterocycles. The lowest BCUT2D eigenvalue weighted by Crippen LogP contribution is -2.30. The highest BCUT2D eigenvalue weighted by molar-refractivity contribution is 6.32. The fraction of sp³-hybridized carbons (Fsp3) is 0.235. The molecule has 24 heavy (non-hydrogen) atoms. The van der Waals surface area contributed by atoms with E-state index in [1.807, 2.05) is 13.8 Å². The highest BCUT2D eigenvalue weighted by Gasteiger charge is 2.17. The first-order valence-electron chi connectivity index (χ1n) is 7.26. The molecule has 1 amide bonds. The first-order valence-corrected chi connectivity index (χ1v) is 7.64. The number of amides is 1. The molecule has 0 aliphatic rings. The molecule has 0 saturated heterocycles. The van der Waals surface area contributed by atoms with Crippen LogP contribution in [0.5, 0.6) is 5.75 Å².